The van der Waals surface area contributed by atoms with Crippen molar-refractivity contribution in [2.24, 2.45) is 11.8 Å². The number of nitrogens with one attached hydrogen (secondary N) is 4. The number of carbonyl (C=O) groups excluding carboxylic acids is 2. The van der Waals surface area contributed by atoms with Crippen molar-refractivity contribution in [3.63, 3.8) is 0 Å². The van der Waals surface area contributed by atoms with Crippen LogP contribution in [0.1, 0.15) is 45.2 Å². The van der Waals surface area contributed by atoms with Gasteiger partial charge in [-0.1, -0.05) is 52.0 Å². The van der Waals surface area contributed by atoms with E-state index in [4.69, 9.17) is 0 Å². The standard InChI is InChI=1S/C21H34N4O2/c1-14(2)18-20(26)22-9-6-10-23-21(27)19(15(3)4)25-13-17-8-5-7-16(11-17)12-24-18/h5,7-8,11,14-15,18-19,24-25H,6,9-10,12-13H2,1-4H3,(H,22,26)(H,23,27)/t18-,19?/m1/s1. The van der Waals surface area contributed by atoms with Crippen molar-refractivity contribution < 1.29 is 9.59 Å². The van der Waals surface area contributed by atoms with E-state index < -0.39 is 0 Å². The first-order valence-corrected chi connectivity index (χ1v) is 9.98. The van der Waals surface area contributed by atoms with E-state index >= 15 is 0 Å². The summed E-state index contributed by atoms with van der Waals surface area (Å²) in [5.41, 5.74) is 2.26. The lowest BCUT2D eigenvalue weighted by atomic mass is 10.0. The lowest BCUT2D eigenvalue weighted by molar-refractivity contribution is -0.124. The van der Waals surface area contributed by atoms with Gasteiger partial charge in [-0.25, -0.2) is 0 Å². The second kappa shape index (κ2) is 10.4. The molecular formula is C21H34N4O2. The number of benzene rings is 1. The summed E-state index contributed by atoms with van der Waals surface area (Å²) in [6.45, 7) is 10.6. The maximum atomic E-state index is 12.5. The predicted octanol–water partition coefficient (Wildman–Crippen LogP) is 1.55. The fraction of sp³-hybridized carbons (Fsp3) is 0.619. The van der Waals surface area contributed by atoms with Crippen molar-refractivity contribution in [1.29, 1.82) is 0 Å². The number of carbonyl (C=O) groups is 2. The Balaban J connectivity index is 2.17. The summed E-state index contributed by atoms with van der Waals surface area (Å²) in [6, 6.07) is 7.78. The Morgan fingerprint density at radius 1 is 0.815 bits per heavy atom. The Bertz CT molecular complexity index is 581. The zero-order chi connectivity index (χ0) is 19.8. The molecule has 0 radical (unpaired) electrons. The lowest BCUT2D eigenvalue weighted by Gasteiger charge is -2.24. The topological polar surface area (TPSA) is 82.3 Å². The molecule has 150 valence electrons. The summed E-state index contributed by atoms with van der Waals surface area (Å²) in [5.74, 6) is 0.420. The maximum Gasteiger partial charge on any atom is 0.237 e. The van der Waals surface area contributed by atoms with Crippen molar-refractivity contribution >= 4 is 11.8 Å². The molecule has 4 N–H and O–H groups in total. The molecule has 0 saturated heterocycles. The molecule has 6 nitrogen and oxygen atoms in total. The van der Waals surface area contributed by atoms with Gasteiger partial charge in [0.15, 0.2) is 0 Å². The number of amides is 2. The fourth-order valence-corrected chi connectivity index (χ4v) is 3.30. The minimum atomic E-state index is -0.236. The molecule has 0 saturated carbocycles. The van der Waals surface area contributed by atoms with Crippen LogP contribution in [0.5, 0.6) is 0 Å². The van der Waals surface area contributed by atoms with E-state index in [-0.39, 0.29) is 35.7 Å². The highest BCUT2D eigenvalue weighted by molar-refractivity contribution is 5.82. The first kappa shape index (κ1) is 21.4. The van der Waals surface area contributed by atoms with Crippen molar-refractivity contribution in [2.75, 3.05) is 13.1 Å². The van der Waals surface area contributed by atoms with Gasteiger partial charge >= 0.3 is 0 Å². The van der Waals surface area contributed by atoms with Crippen LogP contribution in [-0.4, -0.2) is 37.0 Å². The van der Waals surface area contributed by atoms with Gasteiger partial charge in [-0.15, -0.1) is 0 Å². The quantitative estimate of drug-likeness (QED) is 0.633. The van der Waals surface area contributed by atoms with Gasteiger partial charge in [0.2, 0.25) is 11.8 Å². The van der Waals surface area contributed by atoms with E-state index in [1.165, 1.54) is 0 Å². The van der Waals surface area contributed by atoms with E-state index in [2.05, 4.69) is 39.5 Å². The van der Waals surface area contributed by atoms with Gasteiger partial charge in [0, 0.05) is 26.2 Å². The molecule has 0 spiro atoms. The average molecular weight is 375 g/mol. The normalized spacial score (nSPS) is 23.2. The summed E-state index contributed by atoms with van der Waals surface area (Å²) in [4.78, 5) is 25.0. The van der Waals surface area contributed by atoms with Crippen LogP contribution in [0.15, 0.2) is 24.3 Å². The molecule has 6 heteroatoms. The van der Waals surface area contributed by atoms with Gasteiger partial charge in [0.05, 0.1) is 12.1 Å². The van der Waals surface area contributed by atoms with E-state index in [0.717, 1.165) is 11.1 Å². The molecule has 2 rings (SSSR count). The third-order valence-corrected chi connectivity index (χ3v) is 4.89. The summed E-state index contributed by atoms with van der Waals surface area (Å²) in [7, 11) is 0. The number of rotatable bonds is 2. The minimum absolute atomic E-state index is 0.0151. The van der Waals surface area contributed by atoms with E-state index in [0.29, 0.717) is 32.6 Å². The van der Waals surface area contributed by atoms with Gasteiger partial charge in [0.1, 0.15) is 0 Å². The minimum Gasteiger partial charge on any atom is -0.355 e. The van der Waals surface area contributed by atoms with E-state index in [1.807, 2.05) is 33.8 Å². The van der Waals surface area contributed by atoms with Crippen LogP contribution in [0.4, 0.5) is 0 Å². The zero-order valence-corrected chi connectivity index (χ0v) is 17.0. The molecule has 1 aromatic carbocycles. The number of hydrogen-bond donors (Lipinski definition) is 4. The molecule has 1 aliphatic heterocycles. The summed E-state index contributed by atoms with van der Waals surface area (Å²) in [5, 5.41) is 12.7. The average Bonchev–Trinajstić information content (AvgIpc) is 2.60. The second-order valence-electron chi connectivity index (χ2n) is 7.96. The summed E-state index contributed by atoms with van der Waals surface area (Å²) >= 11 is 0. The van der Waals surface area contributed by atoms with Crippen molar-refractivity contribution in [3.8, 4) is 0 Å². The van der Waals surface area contributed by atoms with Crippen LogP contribution in [-0.2, 0) is 22.7 Å². The molecule has 0 fully saturated rings. The van der Waals surface area contributed by atoms with Crippen LogP contribution < -0.4 is 21.3 Å². The molecule has 1 aromatic rings. The van der Waals surface area contributed by atoms with Gasteiger partial charge in [-0.05, 0) is 29.4 Å². The second-order valence-corrected chi connectivity index (χ2v) is 7.96. The summed E-state index contributed by atoms with van der Waals surface area (Å²) in [6.07, 6.45) is 0.714. The highest BCUT2D eigenvalue weighted by Crippen LogP contribution is 2.10. The Hall–Kier alpha value is -1.92. The van der Waals surface area contributed by atoms with E-state index in [9.17, 15) is 9.59 Å². The van der Waals surface area contributed by atoms with Crippen molar-refractivity contribution in [3.05, 3.63) is 35.4 Å². The number of hydrogen-bond acceptors (Lipinski definition) is 4. The largest absolute Gasteiger partial charge is 0.355 e. The molecule has 27 heavy (non-hydrogen) atoms. The smallest absolute Gasteiger partial charge is 0.237 e. The van der Waals surface area contributed by atoms with Gasteiger partial charge in [-0.3, -0.25) is 9.59 Å². The molecule has 1 heterocycles. The van der Waals surface area contributed by atoms with Crippen LogP contribution in [0.2, 0.25) is 0 Å². The molecule has 0 aliphatic carbocycles. The molecule has 2 bridgehead atoms. The summed E-state index contributed by atoms with van der Waals surface area (Å²) < 4.78 is 0. The van der Waals surface area contributed by atoms with Gasteiger partial charge < -0.3 is 21.3 Å². The van der Waals surface area contributed by atoms with Crippen LogP contribution in [0.25, 0.3) is 0 Å². The first-order valence-electron chi connectivity index (χ1n) is 9.98. The highest BCUT2D eigenvalue weighted by atomic mass is 16.2. The van der Waals surface area contributed by atoms with Crippen LogP contribution >= 0.6 is 0 Å². The van der Waals surface area contributed by atoms with Crippen LogP contribution in [0, 0.1) is 11.8 Å². The van der Waals surface area contributed by atoms with Crippen LogP contribution in [0.3, 0.4) is 0 Å². The Labute approximate surface area is 162 Å². The predicted molar refractivity (Wildman–Crippen MR) is 108 cm³/mol. The van der Waals surface area contributed by atoms with Gasteiger partial charge in [-0.2, -0.15) is 0 Å². The molecule has 0 aromatic heterocycles. The molecule has 1 unspecified atom stereocenters. The molecular weight excluding hydrogens is 340 g/mol. The zero-order valence-electron chi connectivity index (χ0n) is 17.0. The Kier molecular flexibility index (Phi) is 8.25. The highest BCUT2D eigenvalue weighted by Gasteiger charge is 2.23. The Morgan fingerprint density at radius 3 is 1.67 bits per heavy atom. The molecule has 2 atom stereocenters. The van der Waals surface area contributed by atoms with E-state index in [1.54, 1.807) is 0 Å². The SMILES string of the molecule is CC(C)C1NCc2cccc(c2)CN[C@H](C(C)C)C(=O)NCCCNC1=O. The third kappa shape index (κ3) is 6.63. The Morgan fingerprint density at radius 2 is 1.26 bits per heavy atom. The molecule has 1 aliphatic rings. The van der Waals surface area contributed by atoms with Crippen molar-refractivity contribution in [1.82, 2.24) is 21.3 Å². The lowest BCUT2D eigenvalue weighted by Crippen LogP contribution is -2.49. The first-order chi connectivity index (χ1) is 12.9. The fourth-order valence-electron chi connectivity index (χ4n) is 3.30. The van der Waals surface area contributed by atoms with Crippen molar-refractivity contribution in [2.45, 2.75) is 59.3 Å². The monoisotopic (exact) mass is 374 g/mol. The maximum absolute atomic E-state index is 12.5. The number of fused-ring (bicyclic) bond motifs is 2. The molecule has 2 amide bonds. The van der Waals surface area contributed by atoms with Gasteiger partial charge in [0.25, 0.3) is 0 Å². The third-order valence-electron chi connectivity index (χ3n) is 4.89.